The number of carbonyl (C=O) groups is 2. The van der Waals surface area contributed by atoms with Crippen molar-refractivity contribution in [1.82, 2.24) is 5.32 Å². The zero-order chi connectivity index (χ0) is 13.5. The van der Waals surface area contributed by atoms with Crippen LogP contribution in [-0.2, 0) is 9.53 Å². The predicted octanol–water partition coefficient (Wildman–Crippen LogP) is 2.09. The summed E-state index contributed by atoms with van der Waals surface area (Å²) in [6.45, 7) is 1.83. The number of carbonyl (C=O) groups excluding carboxylic acids is 1. The Bertz CT molecular complexity index is 419. The normalized spacial score (nSPS) is 11.7. The maximum atomic E-state index is 12.8. The molecule has 0 radical (unpaired) electrons. The Morgan fingerprint density at radius 1 is 1.39 bits per heavy atom. The SMILES string of the molecule is CCOC(=O)NC(CC(=O)O)c1ccc(F)cc1. The largest absolute Gasteiger partial charge is 0.481 e. The molecule has 0 aromatic heterocycles. The average molecular weight is 255 g/mol. The minimum Gasteiger partial charge on any atom is -0.481 e. The van der Waals surface area contributed by atoms with Crippen LogP contribution in [0.15, 0.2) is 24.3 Å². The second kappa shape index (κ2) is 6.58. The molecule has 1 atom stereocenters. The minimum atomic E-state index is -1.07. The van der Waals surface area contributed by atoms with Crippen LogP contribution in [-0.4, -0.2) is 23.8 Å². The van der Waals surface area contributed by atoms with Crippen molar-refractivity contribution < 1.29 is 23.8 Å². The van der Waals surface area contributed by atoms with E-state index in [-0.39, 0.29) is 13.0 Å². The van der Waals surface area contributed by atoms with E-state index in [4.69, 9.17) is 5.11 Å². The summed E-state index contributed by atoms with van der Waals surface area (Å²) in [4.78, 5) is 22.0. The molecule has 0 saturated carbocycles. The van der Waals surface area contributed by atoms with Gasteiger partial charge in [0.15, 0.2) is 0 Å². The van der Waals surface area contributed by atoms with Crippen LogP contribution < -0.4 is 5.32 Å². The minimum absolute atomic E-state index is 0.190. The lowest BCUT2D eigenvalue weighted by Gasteiger charge is -2.16. The van der Waals surface area contributed by atoms with Gasteiger partial charge in [0.1, 0.15) is 5.82 Å². The first-order valence-electron chi connectivity index (χ1n) is 5.43. The van der Waals surface area contributed by atoms with Gasteiger partial charge in [-0.1, -0.05) is 12.1 Å². The molecule has 0 heterocycles. The lowest BCUT2D eigenvalue weighted by atomic mass is 10.0. The molecule has 1 rings (SSSR count). The van der Waals surface area contributed by atoms with E-state index in [0.29, 0.717) is 5.56 Å². The predicted molar refractivity (Wildman–Crippen MR) is 61.6 cm³/mol. The summed E-state index contributed by atoms with van der Waals surface area (Å²) in [6, 6.07) is 4.51. The standard InChI is InChI=1S/C12H14FNO4/c1-2-18-12(17)14-10(7-11(15)16)8-3-5-9(13)6-4-8/h3-6,10H,2,7H2,1H3,(H,14,17)(H,15,16). The number of hydrogen-bond acceptors (Lipinski definition) is 3. The third-order valence-electron chi connectivity index (χ3n) is 2.22. The van der Waals surface area contributed by atoms with E-state index in [9.17, 15) is 14.0 Å². The first-order valence-corrected chi connectivity index (χ1v) is 5.43. The van der Waals surface area contributed by atoms with E-state index in [2.05, 4.69) is 10.1 Å². The van der Waals surface area contributed by atoms with Crippen LogP contribution in [0.3, 0.4) is 0 Å². The summed E-state index contributed by atoms with van der Waals surface area (Å²) < 4.78 is 17.4. The van der Waals surface area contributed by atoms with E-state index in [1.54, 1.807) is 6.92 Å². The van der Waals surface area contributed by atoms with Crippen LogP contribution >= 0.6 is 0 Å². The lowest BCUT2D eigenvalue weighted by Crippen LogP contribution is -2.30. The Morgan fingerprint density at radius 3 is 2.50 bits per heavy atom. The number of amides is 1. The number of rotatable bonds is 5. The van der Waals surface area contributed by atoms with Gasteiger partial charge in [0.05, 0.1) is 19.1 Å². The molecule has 0 fully saturated rings. The smallest absolute Gasteiger partial charge is 0.407 e. The zero-order valence-electron chi connectivity index (χ0n) is 9.85. The number of carboxylic acid groups (broad SMARTS) is 1. The molecule has 0 aliphatic heterocycles. The van der Waals surface area contributed by atoms with Crippen LogP contribution in [0.2, 0.25) is 0 Å². The monoisotopic (exact) mass is 255 g/mol. The summed E-state index contributed by atoms with van der Waals surface area (Å²) >= 11 is 0. The molecule has 0 bridgehead atoms. The molecule has 0 aliphatic rings. The number of benzene rings is 1. The molecule has 6 heteroatoms. The maximum absolute atomic E-state index is 12.8. The first-order chi connectivity index (χ1) is 8.52. The highest BCUT2D eigenvalue weighted by Gasteiger charge is 2.18. The molecule has 0 aliphatic carbocycles. The highest BCUT2D eigenvalue weighted by molar-refractivity contribution is 5.71. The van der Waals surface area contributed by atoms with Crippen LogP contribution in [0, 0.1) is 5.82 Å². The Hall–Kier alpha value is -2.11. The van der Waals surface area contributed by atoms with Crippen molar-refractivity contribution in [2.75, 3.05) is 6.61 Å². The van der Waals surface area contributed by atoms with E-state index in [1.165, 1.54) is 24.3 Å². The van der Waals surface area contributed by atoms with Gasteiger partial charge in [-0.15, -0.1) is 0 Å². The number of alkyl carbamates (subject to hydrolysis) is 1. The van der Waals surface area contributed by atoms with Crippen molar-refractivity contribution in [3.63, 3.8) is 0 Å². The highest BCUT2D eigenvalue weighted by Crippen LogP contribution is 2.17. The molecule has 2 N–H and O–H groups in total. The number of carboxylic acids is 1. The molecular formula is C12H14FNO4. The molecule has 5 nitrogen and oxygen atoms in total. The van der Waals surface area contributed by atoms with Crippen LogP contribution in [0.5, 0.6) is 0 Å². The second-order valence-corrected chi connectivity index (χ2v) is 3.57. The Labute approximate surface area is 104 Å². The summed E-state index contributed by atoms with van der Waals surface area (Å²) in [5.41, 5.74) is 0.506. The Kier molecular flexibility index (Phi) is 5.10. The number of nitrogens with one attached hydrogen (secondary N) is 1. The molecule has 98 valence electrons. The summed E-state index contributed by atoms with van der Waals surface area (Å²) in [7, 11) is 0. The number of halogens is 1. The van der Waals surface area contributed by atoms with E-state index in [0.717, 1.165) is 0 Å². The second-order valence-electron chi connectivity index (χ2n) is 3.57. The van der Waals surface area contributed by atoms with Crippen LogP contribution in [0.1, 0.15) is 24.9 Å². The topological polar surface area (TPSA) is 75.6 Å². The molecule has 1 unspecified atom stereocenters. The van der Waals surface area contributed by atoms with Crippen LogP contribution in [0.4, 0.5) is 9.18 Å². The van der Waals surface area contributed by atoms with Gasteiger partial charge in [0.25, 0.3) is 0 Å². The first kappa shape index (κ1) is 14.0. The quantitative estimate of drug-likeness (QED) is 0.844. The van der Waals surface area contributed by atoms with Gasteiger partial charge in [0.2, 0.25) is 0 Å². The van der Waals surface area contributed by atoms with Gasteiger partial charge in [-0.05, 0) is 24.6 Å². The molecule has 1 aromatic carbocycles. The van der Waals surface area contributed by atoms with Gasteiger partial charge >= 0.3 is 12.1 Å². The third kappa shape index (κ3) is 4.40. The van der Waals surface area contributed by atoms with Crippen molar-refractivity contribution >= 4 is 12.1 Å². The zero-order valence-corrected chi connectivity index (χ0v) is 9.85. The molecule has 0 spiro atoms. The Morgan fingerprint density at radius 2 is 2.00 bits per heavy atom. The molecule has 18 heavy (non-hydrogen) atoms. The molecular weight excluding hydrogens is 241 g/mol. The van der Waals surface area contributed by atoms with Crippen molar-refractivity contribution in [3.05, 3.63) is 35.6 Å². The fraction of sp³-hybridized carbons (Fsp3) is 0.333. The molecule has 1 aromatic rings. The number of hydrogen-bond donors (Lipinski definition) is 2. The van der Waals surface area contributed by atoms with Crippen molar-refractivity contribution in [3.8, 4) is 0 Å². The van der Waals surface area contributed by atoms with Crippen molar-refractivity contribution in [1.29, 1.82) is 0 Å². The molecule has 0 saturated heterocycles. The van der Waals surface area contributed by atoms with Gasteiger partial charge in [0, 0.05) is 0 Å². The Balaban J connectivity index is 2.80. The summed E-state index contributed by atoms with van der Waals surface area (Å²) in [6.07, 6.45) is -1.00. The third-order valence-corrected chi connectivity index (χ3v) is 2.22. The fourth-order valence-corrected chi connectivity index (χ4v) is 1.44. The van der Waals surface area contributed by atoms with Gasteiger partial charge in [-0.25, -0.2) is 9.18 Å². The number of aliphatic carboxylic acids is 1. The van der Waals surface area contributed by atoms with Crippen LogP contribution in [0.25, 0.3) is 0 Å². The van der Waals surface area contributed by atoms with Gasteiger partial charge in [-0.2, -0.15) is 0 Å². The van der Waals surface area contributed by atoms with Gasteiger partial charge in [-0.3, -0.25) is 4.79 Å². The molecule has 1 amide bonds. The van der Waals surface area contributed by atoms with E-state index in [1.807, 2.05) is 0 Å². The van der Waals surface area contributed by atoms with Crippen molar-refractivity contribution in [2.24, 2.45) is 0 Å². The lowest BCUT2D eigenvalue weighted by molar-refractivity contribution is -0.137. The maximum Gasteiger partial charge on any atom is 0.407 e. The summed E-state index contributed by atoms with van der Waals surface area (Å²) in [5.74, 6) is -1.50. The fourth-order valence-electron chi connectivity index (χ4n) is 1.44. The van der Waals surface area contributed by atoms with Crippen molar-refractivity contribution in [2.45, 2.75) is 19.4 Å². The van der Waals surface area contributed by atoms with E-state index >= 15 is 0 Å². The highest BCUT2D eigenvalue weighted by atomic mass is 19.1. The van der Waals surface area contributed by atoms with Gasteiger partial charge < -0.3 is 15.2 Å². The van der Waals surface area contributed by atoms with E-state index < -0.39 is 23.9 Å². The average Bonchev–Trinajstić information content (AvgIpc) is 2.28. The number of ether oxygens (including phenoxy) is 1. The summed E-state index contributed by atoms with van der Waals surface area (Å²) in [5, 5.41) is 11.2.